The van der Waals surface area contributed by atoms with Crippen LogP contribution in [0.4, 0.5) is 9.59 Å². The van der Waals surface area contributed by atoms with Gasteiger partial charge >= 0.3 is 23.6 Å². The smallest absolute Gasteiger partial charge is 0.421 e. The molecule has 4 rings (SSSR count). The summed E-state index contributed by atoms with van der Waals surface area (Å²) >= 11 is 0. The first kappa shape index (κ1) is 26.0. The number of H-pyrrole nitrogens is 1. The van der Waals surface area contributed by atoms with E-state index in [1.165, 1.54) is 6.92 Å². The largest absolute Gasteiger partial charge is 0.460 e. The van der Waals surface area contributed by atoms with Gasteiger partial charge in [0.1, 0.15) is 13.4 Å². The van der Waals surface area contributed by atoms with Gasteiger partial charge in [0.15, 0.2) is 31.2 Å². The molecule has 32 heavy (non-hydrogen) atoms. The summed E-state index contributed by atoms with van der Waals surface area (Å²) in [6.07, 6.45) is -0.419. The van der Waals surface area contributed by atoms with Crippen LogP contribution in [0.15, 0.2) is 29.0 Å². The lowest BCUT2D eigenvalue weighted by atomic mass is 10.7. The normalized spacial score (nSPS) is 16.4. The quantitative estimate of drug-likeness (QED) is 0.459. The number of aromatic nitrogens is 2. The molecule has 0 aromatic carbocycles. The predicted octanol–water partition coefficient (Wildman–Crippen LogP) is -0.398. The summed E-state index contributed by atoms with van der Waals surface area (Å²) in [5.41, 5.74) is -0.677. The minimum Gasteiger partial charge on any atom is -0.460 e. The molecule has 0 aliphatic carbocycles. The minimum absolute atomic E-state index is 0.0729. The van der Waals surface area contributed by atoms with Crippen molar-refractivity contribution in [3.63, 3.8) is 0 Å². The van der Waals surface area contributed by atoms with E-state index in [2.05, 4.69) is 39.7 Å². The van der Waals surface area contributed by atoms with E-state index in [0.29, 0.717) is 37.9 Å². The Kier molecular flexibility index (Phi) is 11.4. The summed E-state index contributed by atoms with van der Waals surface area (Å²) in [6, 6.07) is -0.325. The van der Waals surface area contributed by atoms with Crippen molar-refractivity contribution in [2.24, 2.45) is 15.0 Å². The highest BCUT2D eigenvalue weighted by Crippen LogP contribution is 1.90. The fourth-order valence-corrected chi connectivity index (χ4v) is 1.62. The first-order valence-electron chi connectivity index (χ1n) is 8.88. The zero-order valence-corrected chi connectivity index (χ0v) is 17.8. The van der Waals surface area contributed by atoms with Crippen LogP contribution in [0.5, 0.6) is 0 Å². The second kappa shape index (κ2) is 14.0. The zero-order chi connectivity index (χ0) is 23.9. The SMILES string of the molecule is CC1=NC(=O)NCO1.CC1=NCNC(=O)O1.CC1=NCOCO1.Cc1nc(=O)[nH]c(=O)o1. The Hall–Kier alpha value is -4.08. The van der Waals surface area contributed by atoms with Crippen LogP contribution in [0.3, 0.4) is 0 Å². The zero-order valence-electron chi connectivity index (χ0n) is 17.8. The third-order valence-corrected chi connectivity index (χ3v) is 2.97. The maximum absolute atomic E-state index is 10.3. The van der Waals surface area contributed by atoms with Gasteiger partial charge in [-0.25, -0.2) is 34.1 Å². The van der Waals surface area contributed by atoms with Crippen LogP contribution in [0, 0.1) is 6.92 Å². The maximum Gasteiger partial charge on any atom is 0.421 e. The van der Waals surface area contributed by atoms with Gasteiger partial charge in [-0.1, -0.05) is 0 Å². The van der Waals surface area contributed by atoms with Crippen molar-refractivity contribution >= 4 is 29.8 Å². The van der Waals surface area contributed by atoms with Crippen LogP contribution in [-0.4, -0.2) is 66.7 Å². The summed E-state index contributed by atoms with van der Waals surface area (Å²) in [5, 5.41) is 4.73. The van der Waals surface area contributed by atoms with E-state index in [1.807, 2.05) is 11.9 Å². The lowest BCUT2D eigenvalue weighted by molar-refractivity contribution is -0.00775. The molecule has 0 saturated carbocycles. The molecule has 3 aliphatic rings. The summed E-state index contributed by atoms with van der Waals surface area (Å²) in [5.74, 6) is 0.866. The van der Waals surface area contributed by atoms with E-state index in [4.69, 9.17) is 14.2 Å². The molecule has 0 bridgehead atoms. The monoisotopic (exact) mass is 457 g/mol. The number of cyclic esters (lactones) is 1. The molecule has 3 N–H and O–H groups in total. The van der Waals surface area contributed by atoms with Gasteiger partial charge in [-0.15, -0.1) is 0 Å². The first-order chi connectivity index (χ1) is 15.2. The molecule has 0 radical (unpaired) electrons. The number of aliphatic imine (C=N–C) groups is 3. The molecule has 1 aromatic heterocycles. The molecule has 176 valence electrons. The lowest BCUT2D eigenvalue weighted by Gasteiger charge is -2.09. The van der Waals surface area contributed by atoms with Crippen molar-refractivity contribution in [1.29, 1.82) is 0 Å². The number of nitrogens with zero attached hydrogens (tertiary/aromatic N) is 4. The van der Waals surface area contributed by atoms with Gasteiger partial charge in [0.25, 0.3) is 0 Å². The van der Waals surface area contributed by atoms with Gasteiger partial charge in [0.05, 0.1) is 0 Å². The van der Waals surface area contributed by atoms with Crippen molar-refractivity contribution in [2.75, 3.05) is 26.9 Å². The Balaban J connectivity index is 0.000000214. The molecular weight excluding hydrogens is 434 g/mol. The molecule has 0 saturated heterocycles. The number of hydrogen-bond acceptors (Lipinski definition) is 12. The van der Waals surface area contributed by atoms with Gasteiger partial charge in [-0.2, -0.15) is 9.98 Å². The number of aromatic amines is 1. The fourth-order valence-electron chi connectivity index (χ4n) is 1.62. The lowest BCUT2D eigenvalue weighted by Crippen LogP contribution is -2.31. The third kappa shape index (κ3) is 12.5. The van der Waals surface area contributed by atoms with Gasteiger partial charge in [0, 0.05) is 27.7 Å². The van der Waals surface area contributed by atoms with E-state index in [1.54, 1.807) is 13.8 Å². The number of hydrogen-bond donors (Lipinski definition) is 3. The van der Waals surface area contributed by atoms with Crippen molar-refractivity contribution in [1.82, 2.24) is 20.6 Å². The Morgan fingerprint density at radius 3 is 2.00 bits per heavy atom. The van der Waals surface area contributed by atoms with Crippen LogP contribution < -0.4 is 22.1 Å². The van der Waals surface area contributed by atoms with Crippen LogP contribution in [-0.2, 0) is 18.9 Å². The third-order valence-electron chi connectivity index (χ3n) is 2.97. The van der Waals surface area contributed by atoms with E-state index < -0.39 is 17.5 Å². The van der Waals surface area contributed by atoms with E-state index in [0.717, 1.165) is 0 Å². The molecule has 16 nitrogen and oxygen atoms in total. The molecule has 0 atom stereocenters. The molecule has 3 amide bonds. The highest BCUT2D eigenvalue weighted by Gasteiger charge is 2.06. The average molecular weight is 457 g/mol. The van der Waals surface area contributed by atoms with Crippen LogP contribution >= 0.6 is 0 Å². The van der Waals surface area contributed by atoms with Crippen LogP contribution in [0.2, 0.25) is 0 Å². The van der Waals surface area contributed by atoms with Crippen molar-refractivity contribution in [2.45, 2.75) is 27.7 Å². The Labute approximate surface area is 180 Å². The van der Waals surface area contributed by atoms with E-state index in [9.17, 15) is 19.2 Å². The minimum atomic E-state index is -0.771. The number of amides is 3. The number of nitrogens with one attached hydrogen (secondary N) is 3. The Bertz CT molecular complexity index is 952. The van der Waals surface area contributed by atoms with Gasteiger partial charge in [-0.3, -0.25) is 0 Å². The fraction of sp³-hybridized carbons (Fsp3) is 0.500. The highest BCUT2D eigenvalue weighted by atomic mass is 16.7. The molecule has 3 aliphatic heterocycles. The molecule has 0 fully saturated rings. The number of carbonyl (C=O) groups excluding carboxylic acids is 2. The molecule has 16 heteroatoms. The predicted molar refractivity (Wildman–Crippen MR) is 108 cm³/mol. The highest BCUT2D eigenvalue weighted by molar-refractivity contribution is 5.90. The second-order valence-corrected chi connectivity index (χ2v) is 5.53. The first-order valence-corrected chi connectivity index (χ1v) is 8.88. The van der Waals surface area contributed by atoms with E-state index in [-0.39, 0.29) is 18.7 Å². The average Bonchev–Trinajstić information content (AvgIpc) is 2.68. The molecule has 0 spiro atoms. The van der Waals surface area contributed by atoms with Gasteiger partial charge in [-0.05, 0) is 0 Å². The molecule has 1 aromatic rings. The van der Waals surface area contributed by atoms with Crippen molar-refractivity contribution < 1.29 is 33.0 Å². The summed E-state index contributed by atoms with van der Waals surface area (Å²) < 4.78 is 23.1. The van der Waals surface area contributed by atoms with Crippen LogP contribution in [0.25, 0.3) is 0 Å². The van der Waals surface area contributed by atoms with Crippen molar-refractivity contribution in [3.05, 3.63) is 26.9 Å². The number of aryl methyl sites for hydroxylation is 1. The molecule has 4 heterocycles. The topological polar surface area (TPSA) is 208 Å². The number of urea groups is 1. The number of carbonyl (C=O) groups is 2. The second-order valence-electron chi connectivity index (χ2n) is 5.53. The summed E-state index contributed by atoms with van der Waals surface area (Å²) in [7, 11) is 0. The number of rotatable bonds is 0. The van der Waals surface area contributed by atoms with Gasteiger partial charge < -0.3 is 34.0 Å². The van der Waals surface area contributed by atoms with Crippen LogP contribution in [0.1, 0.15) is 26.7 Å². The van der Waals surface area contributed by atoms with E-state index >= 15 is 0 Å². The summed E-state index contributed by atoms with van der Waals surface area (Å²) in [4.78, 5) is 57.1. The standard InChI is InChI=1S/C4H4N2O3.2C4H6N2O2.C4H7NO2/c1-2-5-3(7)6-4(8)9-2;1-3-6-4(7)5-2-8-3;1-3-5-2-6-4(7)8-3;1-4-5-2-6-3-7-4/h1H3,(H,6,7,8);2H2,1H3,(H,5,7);2H2,1H3,(H,6,7);2-3H2,1H3. The number of ether oxygens (including phenoxy) is 4. The molecule has 0 unspecified atom stereocenters. The molecular formula is C16H23N7O9. The Morgan fingerprint density at radius 2 is 1.62 bits per heavy atom. The maximum atomic E-state index is 10.3. The van der Waals surface area contributed by atoms with Crippen molar-refractivity contribution in [3.8, 4) is 0 Å². The summed E-state index contributed by atoms with van der Waals surface area (Å²) in [6.45, 7) is 7.90. The number of alkyl carbamates (subject to hydrolysis) is 1. The van der Waals surface area contributed by atoms with Gasteiger partial charge in [0.2, 0.25) is 5.89 Å². The Morgan fingerprint density at radius 1 is 0.875 bits per heavy atom.